The zero-order valence-corrected chi connectivity index (χ0v) is 7.07. The maximum atomic E-state index is 9.36. The van der Waals surface area contributed by atoms with Crippen LogP contribution < -0.4 is 0 Å². The summed E-state index contributed by atoms with van der Waals surface area (Å²) in [5, 5.41) is 19.3. The van der Waals surface area contributed by atoms with E-state index in [2.05, 4.69) is 0 Å². The lowest BCUT2D eigenvalue weighted by atomic mass is 10.1. The van der Waals surface area contributed by atoms with Crippen molar-refractivity contribution in [3.8, 4) is 0 Å². The third-order valence-corrected chi connectivity index (χ3v) is 5.23. The van der Waals surface area contributed by atoms with Crippen molar-refractivity contribution in [2.24, 2.45) is 0 Å². The van der Waals surface area contributed by atoms with E-state index in [-0.39, 0.29) is 12.2 Å². The molecule has 2 N–H and O–H groups in total. The van der Waals surface area contributed by atoms with E-state index >= 15 is 0 Å². The predicted octanol–water partition coefficient (Wildman–Crippen LogP) is -0.0610. The van der Waals surface area contributed by atoms with Gasteiger partial charge in [0.15, 0.2) is 0 Å². The number of aliphatic hydroxyl groups is 2. The molecule has 2 aliphatic heterocycles. The topological polar surface area (TPSA) is 40.5 Å². The fraction of sp³-hybridized carbons (Fsp3) is 1.00. The minimum absolute atomic E-state index is 0.183. The van der Waals surface area contributed by atoms with Gasteiger partial charge in [0.2, 0.25) is 0 Å². The van der Waals surface area contributed by atoms with Gasteiger partial charge < -0.3 is 10.2 Å². The first-order valence-corrected chi connectivity index (χ1v) is 5.48. The molecule has 0 unspecified atom stereocenters. The van der Waals surface area contributed by atoms with Crippen LogP contribution in [0.3, 0.4) is 0 Å². The van der Waals surface area contributed by atoms with Gasteiger partial charge in [0, 0.05) is 22.0 Å². The third kappa shape index (κ3) is 0.978. The molecule has 0 spiro atoms. The summed E-state index contributed by atoms with van der Waals surface area (Å²) in [4.78, 5) is 0. The highest BCUT2D eigenvalue weighted by atomic mass is 32.2. The van der Waals surface area contributed by atoms with E-state index in [0.29, 0.717) is 10.5 Å². The van der Waals surface area contributed by atoms with Crippen LogP contribution in [0.4, 0.5) is 0 Å². The molecule has 2 heterocycles. The molecule has 2 fully saturated rings. The minimum atomic E-state index is -0.183. The van der Waals surface area contributed by atoms with Crippen LogP contribution in [-0.2, 0) is 0 Å². The Balaban J connectivity index is 2.09. The summed E-state index contributed by atoms with van der Waals surface area (Å²) >= 11 is 3.42. The fourth-order valence-corrected chi connectivity index (χ4v) is 4.81. The zero-order chi connectivity index (χ0) is 7.14. The maximum Gasteiger partial charge on any atom is 0.0760 e. The number of hydrogen-bond acceptors (Lipinski definition) is 4. The molecular weight excluding hydrogens is 168 g/mol. The van der Waals surface area contributed by atoms with Gasteiger partial charge in [-0.15, -0.1) is 0 Å². The van der Waals surface area contributed by atoms with E-state index < -0.39 is 0 Å². The molecule has 0 aromatic carbocycles. The Labute approximate surface area is 68.4 Å². The van der Waals surface area contributed by atoms with Gasteiger partial charge in [-0.3, -0.25) is 0 Å². The highest BCUT2D eigenvalue weighted by molar-refractivity contribution is 8.05. The number of aliphatic hydroxyl groups excluding tert-OH is 2. The molecule has 4 heteroatoms. The van der Waals surface area contributed by atoms with Gasteiger partial charge in [-0.1, -0.05) is 0 Å². The number of fused-ring (bicyclic) bond motifs is 1. The van der Waals surface area contributed by atoms with E-state index in [1.165, 1.54) is 0 Å². The van der Waals surface area contributed by atoms with Gasteiger partial charge >= 0.3 is 0 Å². The third-order valence-electron chi connectivity index (χ3n) is 2.00. The van der Waals surface area contributed by atoms with Crippen LogP contribution in [0.2, 0.25) is 0 Å². The van der Waals surface area contributed by atoms with E-state index in [0.717, 1.165) is 11.5 Å². The first-order chi connectivity index (χ1) is 4.79. The van der Waals surface area contributed by atoms with Crippen molar-refractivity contribution in [1.82, 2.24) is 0 Å². The van der Waals surface area contributed by atoms with Crippen LogP contribution in [0.1, 0.15) is 0 Å². The van der Waals surface area contributed by atoms with E-state index in [4.69, 9.17) is 0 Å². The molecule has 0 bridgehead atoms. The van der Waals surface area contributed by atoms with Crippen LogP contribution in [0.15, 0.2) is 0 Å². The molecule has 0 radical (unpaired) electrons. The van der Waals surface area contributed by atoms with E-state index in [9.17, 15) is 10.2 Å². The Hall–Kier alpha value is 0.620. The Morgan fingerprint density at radius 2 is 1.30 bits per heavy atom. The number of rotatable bonds is 0. The van der Waals surface area contributed by atoms with Crippen LogP contribution >= 0.6 is 23.5 Å². The Morgan fingerprint density at radius 1 is 0.900 bits per heavy atom. The van der Waals surface area contributed by atoms with Crippen LogP contribution in [-0.4, -0.2) is 44.4 Å². The maximum absolute atomic E-state index is 9.36. The minimum Gasteiger partial charge on any atom is -0.391 e. The SMILES string of the molecule is O[C@@H]1CS[C@@H]2[C@H]1SC[C@H]2O. The second-order valence-corrected chi connectivity index (χ2v) is 5.15. The molecule has 0 aromatic heterocycles. The Bertz CT molecular complexity index is 126. The zero-order valence-electron chi connectivity index (χ0n) is 5.43. The highest BCUT2D eigenvalue weighted by Crippen LogP contribution is 2.43. The lowest BCUT2D eigenvalue weighted by Crippen LogP contribution is -2.27. The average molecular weight is 178 g/mol. The van der Waals surface area contributed by atoms with Crippen molar-refractivity contribution in [1.29, 1.82) is 0 Å². The van der Waals surface area contributed by atoms with Gasteiger partial charge in [-0.2, -0.15) is 23.5 Å². The molecular formula is C6H10O2S2. The molecule has 0 aliphatic carbocycles. The lowest BCUT2D eigenvalue weighted by molar-refractivity contribution is 0.169. The molecule has 2 aliphatic rings. The fourth-order valence-electron chi connectivity index (χ4n) is 1.46. The van der Waals surface area contributed by atoms with Crippen LogP contribution in [0.25, 0.3) is 0 Å². The largest absolute Gasteiger partial charge is 0.391 e. The van der Waals surface area contributed by atoms with Crippen molar-refractivity contribution in [3.63, 3.8) is 0 Å². The highest BCUT2D eigenvalue weighted by Gasteiger charge is 2.44. The van der Waals surface area contributed by atoms with Gasteiger partial charge in [0.25, 0.3) is 0 Å². The molecule has 58 valence electrons. The van der Waals surface area contributed by atoms with Crippen molar-refractivity contribution >= 4 is 23.5 Å². The summed E-state index contributed by atoms with van der Waals surface area (Å²) < 4.78 is 0. The molecule has 0 amide bonds. The van der Waals surface area contributed by atoms with Gasteiger partial charge in [-0.25, -0.2) is 0 Å². The summed E-state index contributed by atoms with van der Waals surface area (Å²) in [6, 6.07) is 0. The Morgan fingerprint density at radius 3 is 1.70 bits per heavy atom. The molecule has 2 rings (SSSR count). The Kier molecular flexibility index (Phi) is 1.88. The summed E-state index contributed by atoms with van der Waals surface area (Å²) in [5.74, 6) is 1.61. The first kappa shape index (κ1) is 7.28. The quantitative estimate of drug-likeness (QED) is 0.545. The second-order valence-electron chi connectivity index (χ2n) is 2.73. The molecule has 0 aromatic rings. The molecule has 10 heavy (non-hydrogen) atoms. The van der Waals surface area contributed by atoms with Gasteiger partial charge in [0.05, 0.1) is 12.2 Å². The standard InChI is InChI=1S/C6H10O2S2/c7-3-1-9-6-4(8)2-10-5(3)6/h3-8H,1-2H2/t3-,4-,5+,6+/m1/s1. The summed E-state index contributed by atoms with van der Waals surface area (Å²) in [6.45, 7) is 0. The van der Waals surface area contributed by atoms with Crippen molar-refractivity contribution < 1.29 is 10.2 Å². The van der Waals surface area contributed by atoms with Crippen LogP contribution in [0.5, 0.6) is 0 Å². The van der Waals surface area contributed by atoms with Gasteiger partial charge in [0.1, 0.15) is 0 Å². The normalized spacial score (nSPS) is 53.4. The van der Waals surface area contributed by atoms with E-state index in [1.807, 2.05) is 0 Å². The molecule has 2 nitrogen and oxygen atoms in total. The molecule has 2 saturated heterocycles. The van der Waals surface area contributed by atoms with Crippen molar-refractivity contribution in [2.75, 3.05) is 11.5 Å². The smallest absolute Gasteiger partial charge is 0.0760 e. The lowest BCUT2D eigenvalue weighted by Gasteiger charge is -2.10. The number of thioether (sulfide) groups is 2. The summed E-state index contributed by atoms with van der Waals surface area (Å²) in [7, 11) is 0. The van der Waals surface area contributed by atoms with Gasteiger partial charge in [-0.05, 0) is 0 Å². The summed E-state index contributed by atoms with van der Waals surface area (Å²) in [6.07, 6.45) is -0.366. The predicted molar refractivity (Wildman–Crippen MR) is 44.5 cm³/mol. The molecule has 4 atom stereocenters. The first-order valence-electron chi connectivity index (χ1n) is 3.38. The average Bonchev–Trinajstić information content (AvgIpc) is 2.41. The second kappa shape index (κ2) is 2.59. The van der Waals surface area contributed by atoms with Crippen LogP contribution in [0, 0.1) is 0 Å². The van der Waals surface area contributed by atoms with E-state index in [1.54, 1.807) is 23.5 Å². The number of hydrogen-bond donors (Lipinski definition) is 2. The summed E-state index contributed by atoms with van der Waals surface area (Å²) in [5.41, 5.74) is 0. The van der Waals surface area contributed by atoms with Crippen molar-refractivity contribution in [2.45, 2.75) is 22.7 Å². The van der Waals surface area contributed by atoms with Crippen molar-refractivity contribution in [3.05, 3.63) is 0 Å². The monoisotopic (exact) mass is 178 g/mol. The molecule has 0 saturated carbocycles.